The van der Waals surface area contributed by atoms with E-state index in [1.54, 1.807) is 42.5 Å². The third-order valence-corrected chi connectivity index (χ3v) is 5.97. The average molecular weight is 446 g/mol. The molecule has 0 spiro atoms. The minimum absolute atomic E-state index is 0.0153. The van der Waals surface area contributed by atoms with E-state index in [-0.39, 0.29) is 11.1 Å². The topological polar surface area (TPSA) is 121 Å². The Kier molecular flexibility index (Phi) is 7.11. The molecule has 0 bridgehead atoms. The van der Waals surface area contributed by atoms with Crippen LogP contribution in [0.4, 0.5) is 0 Å². The number of thiophene rings is 1. The summed E-state index contributed by atoms with van der Waals surface area (Å²) in [5, 5.41) is 35.1. The van der Waals surface area contributed by atoms with Gasteiger partial charge in [0.15, 0.2) is 5.76 Å². The second kappa shape index (κ2) is 10.3. The maximum Gasteiger partial charge on any atom is 0.177 e. The second-order valence-electron chi connectivity index (χ2n) is 6.59. The summed E-state index contributed by atoms with van der Waals surface area (Å²) in [5.41, 5.74) is 2.07. The van der Waals surface area contributed by atoms with Crippen molar-refractivity contribution in [1.29, 1.82) is 21.0 Å². The van der Waals surface area contributed by atoms with E-state index in [4.69, 9.17) is 29.9 Å². The summed E-state index contributed by atoms with van der Waals surface area (Å²) < 4.78 is 11.8. The molecule has 7 heteroatoms. The predicted octanol–water partition coefficient (Wildman–Crippen LogP) is 6.20. The molecule has 0 fully saturated rings. The van der Waals surface area contributed by atoms with Crippen LogP contribution in [0.3, 0.4) is 0 Å². The van der Waals surface area contributed by atoms with Crippen molar-refractivity contribution in [2.24, 2.45) is 0 Å². The van der Waals surface area contributed by atoms with Gasteiger partial charge in [-0.3, -0.25) is 0 Å². The van der Waals surface area contributed by atoms with Gasteiger partial charge in [0.1, 0.15) is 52.7 Å². The Morgan fingerprint density at radius 2 is 1.42 bits per heavy atom. The van der Waals surface area contributed by atoms with Gasteiger partial charge < -0.3 is 8.83 Å². The number of hydrogen-bond donors (Lipinski definition) is 0. The van der Waals surface area contributed by atoms with E-state index in [0.717, 1.165) is 20.9 Å². The van der Waals surface area contributed by atoms with Crippen LogP contribution in [-0.4, -0.2) is 0 Å². The molecular weight excluding hydrogens is 432 g/mol. The number of nitriles is 4. The molecular formula is C26H14N4O2S. The number of furan rings is 2. The van der Waals surface area contributed by atoms with Crippen molar-refractivity contribution in [1.82, 2.24) is 0 Å². The van der Waals surface area contributed by atoms with Gasteiger partial charge in [-0.15, -0.1) is 11.3 Å². The predicted molar refractivity (Wildman–Crippen MR) is 124 cm³/mol. The van der Waals surface area contributed by atoms with Crippen LogP contribution in [0.25, 0.3) is 27.4 Å². The van der Waals surface area contributed by atoms with Crippen LogP contribution < -0.4 is 0 Å². The van der Waals surface area contributed by atoms with Crippen molar-refractivity contribution >= 4 is 17.4 Å². The summed E-state index contributed by atoms with van der Waals surface area (Å²) in [6.45, 7) is 4.02. The van der Waals surface area contributed by atoms with Gasteiger partial charge in [-0.2, -0.15) is 21.0 Å². The number of allylic oxidation sites excluding steroid dienone is 5. The van der Waals surface area contributed by atoms with Gasteiger partial charge in [0.2, 0.25) is 0 Å². The van der Waals surface area contributed by atoms with E-state index in [1.807, 2.05) is 32.0 Å². The van der Waals surface area contributed by atoms with Gasteiger partial charge in [0.25, 0.3) is 0 Å². The smallest absolute Gasteiger partial charge is 0.177 e. The summed E-state index contributed by atoms with van der Waals surface area (Å²) in [6.07, 6.45) is 5.96. The monoisotopic (exact) mass is 446 g/mol. The van der Waals surface area contributed by atoms with E-state index < -0.39 is 0 Å². The normalized spacial score (nSPS) is 9.64. The molecule has 0 unspecified atom stereocenters. The Labute approximate surface area is 194 Å². The first-order chi connectivity index (χ1) is 16.0. The van der Waals surface area contributed by atoms with Crippen molar-refractivity contribution in [3.63, 3.8) is 0 Å². The van der Waals surface area contributed by atoms with Crippen molar-refractivity contribution in [2.45, 2.75) is 13.8 Å². The Balaban J connectivity index is 1.87. The van der Waals surface area contributed by atoms with Crippen molar-refractivity contribution in [3.05, 3.63) is 76.3 Å². The highest BCUT2D eigenvalue weighted by Gasteiger charge is 2.18. The van der Waals surface area contributed by atoms with Gasteiger partial charge in [0.05, 0.1) is 9.75 Å². The molecule has 33 heavy (non-hydrogen) atoms. The maximum absolute atomic E-state index is 8.78. The number of hydrogen-bond acceptors (Lipinski definition) is 7. The Morgan fingerprint density at radius 1 is 0.818 bits per heavy atom. The zero-order chi connectivity index (χ0) is 23.8. The van der Waals surface area contributed by atoms with Crippen LogP contribution in [0.15, 0.2) is 62.5 Å². The number of rotatable bonds is 4. The minimum atomic E-state index is -0.0668. The molecule has 3 aromatic rings. The molecule has 3 rings (SSSR count). The van der Waals surface area contributed by atoms with Crippen molar-refractivity contribution in [2.75, 3.05) is 0 Å². The summed E-state index contributed by atoms with van der Waals surface area (Å²) in [4.78, 5) is 1.91. The van der Waals surface area contributed by atoms with E-state index >= 15 is 0 Å². The van der Waals surface area contributed by atoms with E-state index in [2.05, 4.69) is 11.8 Å². The molecule has 6 nitrogen and oxygen atoms in total. The van der Waals surface area contributed by atoms with Crippen LogP contribution in [-0.2, 0) is 0 Å². The van der Waals surface area contributed by atoms with Crippen molar-refractivity contribution in [3.8, 4) is 57.4 Å². The van der Waals surface area contributed by atoms with E-state index in [9.17, 15) is 0 Å². The van der Waals surface area contributed by atoms with Crippen LogP contribution in [0, 0.1) is 71.0 Å². The van der Waals surface area contributed by atoms with Gasteiger partial charge in [-0.1, -0.05) is 12.0 Å². The largest absolute Gasteiger partial charge is 0.456 e. The third kappa shape index (κ3) is 5.19. The molecule has 156 valence electrons. The summed E-state index contributed by atoms with van der Waals surface area (Å²) in [5.74, 6) is 7.83. The number of nitrogens with zero attached hydrogens (tertiary/aromatic N) is 4. The molecule has 0 radical (unpaired) electrons. The van der Waals surface area contributed by atoms with Crippen LogP contribution in [0.1, 0.15) is 22.6 Å². The Bertz CT molecular complexity index is 1500. The standard InChI is InChI=1S/C26H14N4O2S/c1-17-18(2)26(24-12-10-22(32-24)8-4-6-20(15-29)16-30)33-25(17)23-11-9-21(31-23)7-3-5-19(13-27)14-28/h3,5-7,9-12H,1-2H3/b7-3+. The quantitative estimate of drug-likeness (QED) is 0.267. The molecule has 0 amide bonds. The molecule has 3 aromatic heterocycles. The minimum Gasteiger partial charge on any atom is -0.456 e. The highest BCUT2D eigenvalue weighted by molar-refractivity contribution is 7.19. The highest BCUT2D eigenvalue weighted by atomic mass is 32.1. The lowest BCUT2D eigenvalue weighted by Gasteiger charge is -1.95. The molecule has 0 aliphatic carbocycles. The fourth-order valence-corrected chi connectivity index (χ4v) is 4.00. The lowest BCUT2D eigenvalue weighted by Crippen LogP contribution is -1.77. The van der Waals surface area contributed by atoms with Gasteiger partial charge >= 0.3 is 0 Å². The third-order valence-electron chi connectivity index (χ3n) is 4.55. The average Bonchev–Trinajstić information content (AvgIpc) is 3.55. The molecule has 3 heterocycles. The summed E-state index contributed by atoms with van der Waals surface area (Å²) in [7, 11) is 0. The molecule has 0 aliphatic rings. The van der Waals surface area contributed by atoms with Gasteiger partial charge in [-0.05, 0) is 67.3 Å². The lowest BCUT2D eigenvalue weighted by atomic mass is 10.1. The molecule has 0 aromatic carbocycles. The zero-order valence-electron chi connectivity index (χ0n) is 17.6. The fourth-order valence-electron chi connectivity index (χ4n) is 2.77. The molecule has 0 aliphatic heterocycles. The van der Waals surface area contributed by atoms with Crippen molar-refractivity contribution < 1.29 is 8.83 Å². The van der Waals surface area contributed by atoms with Gasteiger partial charge in [0, 0.05) is 6.08 Å². The van der Waals surface area contributed by atoms with Gasteiger partial charge in [-0.25, -0.2) is 0 Å². The SMILES string of the molecule is Cc1c(-c2ccc(C#CC=C(C#N)C#N)o2)sc(-c2ccc(/C=C/C=C(C#N)C#N)o2)c1C. The molecule has 0 N–H and O–H groups in total. The molecule has 0 atom stereocenters. The fraction of sp³-hybridized carbons (Fsp3) is 0.0769. The van der Waals surface area contributed by atoms with Crippen LogP contribution >= 0.6 is 11.3 Å². The zero-order valence-corrected chi connectivity index (χ0v) is 18.4. The second-order valence-corrected chi connectivity index (χ2v) is 7.61. The highest BCUT2D eigenvalue weighted by Crippen LogP contribution is 2.42. The molecule has 0 saturated heterocycles. The Hall–Kier alpha value is -5.00. The van der Waals surface area contributed by atoms with Crippen LogP contribution in [0.5, 0.6) is 0 Å². The summed E-state index contributed by atoms with van der Waals surface area (Å²) in [6, 6.07) is 14.4. The molecule has 0 saturated carbocycles. The maximum atomic E-state index is 8.78. The first kappa shape index (κ1) is 22.7. The lowest BCUT2D eigenvalue weighted by molar-refractivity contribution is 0.570. The first-order valence-electron chi connectivity index (χ1n) is 9.51. The Morgan fingerprint density at radius 3 is 2.06 bits per heavy atom. The summed E-state index contributed by atoms with van der Waals surface area (Å²) >= 11 is 1.54. The first-order valence-corrected chi connectivity index (χ1v) is 10.3. The van der Waals surface area contributed by atoms with E-state index in [1.165, 1.54) is 23.5 Å². The van der Waals surface area contributed by atoms with Crippen LogP contribution in [0.2, 0.25) is 0 Å². The van der Waals surface area contributed by atoms with E-state index in [0.29, 0.717) is 23.0 Å².